The van der Waals surface area contributed by atoms with Crippen LogP contribution in [0.4, 0.5) is 12.9 Å². The van der Waals surface area contributed by atoms with E-state index in [0.29, 0.717) is 0 Å². The van der Waals surface area contributed by atoms with Crippen molar-refractivity contribution in [3.8, 4) is 0 Å². The number of carbonyl (C=O) groups is 1. The Morgan fingerprint density at radius 2 is 2.00 bits per heavy atom. The van der Waals surface area contributed by atoms with Crippen LogP contribution in [0.3, 0.4) is 0 Å². The number of halogens is 3. The molecule has 0 heterocycles. The van der Waals surface area contributed by atoms with E-state index in [1.54, 1.807) is 0 Å². The fourth-order valence-corrected chi connectivity index (χ4v) is 0.678. The van der Waals surface area contributed by atoms with Crippen LogP contribution in [0.1, 0.15) is 19.3 Å². The molecule has 0 rings (SSSR count). The fourth-order valence-electron chi connectivity index (χ4n) is 0.678. The molecule has 12 heavy (non-hydrogen) atoms. The van der Waals surface area contributed by atoms with Gasteiger partial charge in [-0.05, 0) is 12.4 Å². The highest BCUT2D eigenvalue weighted by Crippen LogP contribution is 2.16. The van der Waals surface area contributed by atoms with Crippen LogP contribution in [-0.4, -0.2) is 24.0 Å². The van der Waals surface area contributed by atoms with Gasteiger partial charge in [0.25, 0.3) is 0 Å². The second-order valence-electron chi connectivity index (χ2n) is 2.58. The molecule has 72 valence electrons. The zero-order valence-electron chi connectivity index (χ0n) is 6.34. The Bertz CT molecular complexity index is 161. The van der Waals surface area contributed by atoms with Crippen molar-refractivity contribution in [2.45, 2.75) is 25.2 Å². The van der Waals surface area contributed by atoms with Crippen molar-refractivity contribution >= 4 is 12.9 Å². The summed E-state index contributed by atoms with van der Waals surface area (Å²) in [5.74, 6) is -2.94. The van der Waals surface area contributed by atoms with Crippen molar-refractivity contribution in [1.82, 2.24) is 0 Å². The summed E-state index contributed by atoms with van der Waals surface area (Å²) in [5.41, 5.74) is 4.75. The van der Waals surface area contributed by atoms with E-state index in [1.165, 1.54) is 0 Å². The van der Waals surface area contributed by atoms with Crippen LogP contribution >= 0.6 is 0 Å². The molecule has 0 aliphatic heterocycles. The maximum absolute atomic E-state index is 11.8. The molecule has 0 saturated heterocycles. The van der Waals surface area contributed by atoms with Crippen molar-refractivity contribution in [2.24, 2.45) is 5.73 Å². The van der Waals surface area contributed by atoms with Gasteiger partial charge in [-0.25, -0.2) is 0 Å². The summed E-state index contributed by atoms with van der Waals surface area (Å²) in [6.07, 6.45) is -0.604. The number of hydrogen-bond donors (Lipinski definition) is 2. The third-order valence-corrected chi connectivity index (χ3v) is 1.41. The van der Waals surface area contributed by atoms with Gasteiger partial charge in [0.1, 0.15) is 0 Å². The number of aliphatic carboxylic acids is 1. The normalized spacial score (nSPS) is 14.3. The smallest absolute Gasteiger partial charge is 0.481 e. The molecule has 0 aromatic heterocycles. The maximum Gasteiger partial charge on any atom is 0.494 e. The SMILES string of the molecule is NC(CCCC(=O)O)[B-](F)(F)F. The van der Waals surface area contributed by atoms with Gasteiger partial charge in [0.15, 0.2) is 0 Å². The second kappa shape index (κ2) is 4.35. The Hall–Kier alpha value is -0.715. The molecule has 0 fully saturated rings. The molecule has 1 unspecified atom stereocenters. The molecule has 0 amide bonds. The third kappa shape index (κ3) is 5.00. The Kier molecular flexibility index (Phi) is 4.09. The molecule has 0 spiro atoms. The average Bonchev–Trinajstić information content (AvgIpc) is 1.84. The van der Waals surface area contributed by atoms with E-state index in [2.05, 4.69) is 0 Å². The van der Waals surface area contributed by atoms with E-state index in [0.717, 1.165) is 0 Å². The highest BCUT2D eigenvalue weighted by Gasteiger charge is 2.31. The molecule has 3 nitrogen and oxygen atoms in total. The molecule has 7 heteroatoms. The molecular formula is C5H10BF3NO2-. The molecule has 0 radical (unpaired) electrons. The van der Waals surface area contributed by atoms with Crippen molar-refractivity contribution in [3.63, 3.8) is 0 Å². The van der Waals surface area contributed by atoms with Gasteiger partial charge in [-0.1, -0.05) is 6.42 Å². The topological polar surface area (TPSA) is 63.3 Å². The van der Waals surface area contributed by atoms with Gasteiger partial charge < -0.3 is 23.8 Å². The van der Waals surface area contributed by atoms with Crippen LogP contribution in [-0.2, 0) is 4.79 Å². The number of hydrogen-bond acceptors (Lipinski definition) is 2. The van der Waals surface area contributed by atoms with Gasteiger partial charge in [0, 0.05) is 6.42 Å². The lowest BCUT2D eigenvalue weighted by atomic mass is 9.77. The lowest BCUT2D eigenvalue weighted by Gasteiger charge is -2.21. The van der Waals surface area contributed by atoms with Gasteiger partial charge in [-0.15, -0.1) is 0 Å². The van der Waals surface area contributed by atoms with Crippen molar-refractivity contribution in [1.29, 1.82) is 0 Å². The van der Waals surface area contributed by atoms with Crippen LogP contribution < -0.4 is 5.73 Å². The Balaban J connectivity index is 3.58. The summed E-state index contributed by atoms with van der Waals surface area (Å²) in [7, 11) is 0. The van der Waals surface area contributed by atoms with Crippen LogP contribution in [0.15, 0.2) is 0 Å². The van der Waals surface area contributed by atoms with Gasteiger partial charge >= 0.3 is 12.9 Å². The number of carboxylic acids is 1. The van der Waals surface area contributed by atoms with Crippen molar-refractivity contribution in [3.05, 3.63) is 0 Å². The van der Waals surface area contributed by atoms with Crippen molar-refractivity contribution < 1.29 is 22.8 Å². The Morgan fingerprint density at radius 1 is 1.50 bits per heavy atom. The van der Waals surface area contributed by atoms with Crippen molar-refractivity contribution in [2.75, 3.05) is 0 Å². The van der Waals surface area contributed by atoms with Crippen LogP contribution in [0.2, 0.25) is 0 Å². The van der Waals surface area contributed by atoms with Gasteiger partial charge in [0.05, 0.1) is 0 Å². The predicted octanol–water partition coefficient (Wildman–Crippen LogP) is 0.955. The molecule has 0 aromatic carbocycles. The summed E-state index contributed by atoms with van der Waals surface area (Å²) in [6.45, 7) is -5.02. The fraction of sp³-hybridized carbons (Fsp3) is 0.800. The second-order valence-corrected chi connectivity index (χ2v) is 2.58. The lowest BCUT2D eigenvalue weighted by molar-refractivity contribution is -0.137. The molecule has 0 bridgehead atoms. The van der Waals surface area contributed by atoms with E-state index in [-0.39, 0.29) is 19.3 Å². The number of carboxylic acid groups (broad SMARTS) is 1. The molecule has 1 atom stereocenters. The minimum Gasteiger partial charge on any atom is -0.481 e. The summed E-state index contributed by atoms with van der Waals surface area (Å²) in [4.78, 5) is 9.91. The average molecular weight is 184 g/mol. The molecular weight excluding hydrogens is 174 g/mol. The largest absolute Gasteiger partial charge is 0.494 e. The summed E-state index contributed by atoms with van der Waals surface area (Å²) >= 11 is 0. The standard InChI is InChI=1S/C5H10BF3NO2/c7-6(8,9)4(10)2-1-3-5(11)12/h4H,1-3,10H2,(H,11,12)/q-1. The van der Waals surface area contributed by atoms with Crippen LogP contribution in [0.5, 0.6) is 0 Å². The molecule has 0 aromatic rings. The highest BCUT2D eigenvalue weighted by molar-refractivity contribution is 6.60. The van der Waals surface area contributed by atoms with Gasteiger partial charge in [-0.3, -0.25) is 4.79 Å². The van der Waals surface area contributed by atoms with E-state index in [1.807, 2.05) is 0 Å². The minimum atomic E-state index is -5.02. The van der Waals surface area contributed by atoms with Crippen LogP contribution in [0.25, 0.3) is 0 Å². The summed E-state index contributed by atoms with van der Waals surface area (Å²) in [6, 6.07) is 0. The summed E-state index contributed by atoms with van der Waals surface area (Å²) in [5, 5.41) is 8.11. The first-order valence-electron chi connectivity index (χ1n) is 3.51. The number of rotatable bonds is 5. The van der Waals surface area contributed by atoms with Gasteiger partial charge in [-0.2, -0.15) is 0 Å². The molecule has 0 saturated carbocycles. The van der Waals surface area contributed by atoms with Gasteiger partial charge in [0.2, 0.25) is 0 Å². The zero-order chi connectivity index (χ0) is 9.78. The zero-order valence-corrected chi connectivity index (χ0v) is 6.34. The molecule has 0 aliphatic rings. The molecule has 0 aliphatic carbocycles. The monoisotopic (exact) mass is 184 g/mol. The van der Waals surface area contributed by atoms with E-state index < -0.39 is 18.9 Å². The Morgan fingerprint density at radius 3 is 2.33 bits per heavy atom. The van der Waals surface area contributed by atoms with E-state index >= 15 is 0 Å². The predicted molar refractivity (Wildman–Crippen MR) is 38.5 cm³/mol. The molecule has 3 N–H and O–H groups in total. The third-order valence-electron chi connectivity index (χ3n) is 1.41. The quantitative estimate of drug-likeness (QED) is 0.625. The van der Waals surface area contributed by atoms with Crippen LogP contribution in [0, 0.1) is 0 Å². The van der Waals surface area contributed by atoms with E-state index in [9.17, 15) is 17.7 Å². The number of nitrogens with two attached hydrogens (primary N) is 1. The maximum atomic E-state index is 11.8. The first kappa shape index (κ1) is 11.3. The Labute approximate surface area is 67.8 Å². The first-order chi connectivity index (χ1) is 5.34. The minimum absolute atomic E-state index is 0.0300. The lowest BCUT2D eigenvalue weighted by Crippen LogP contribution is -2.42. The highest BCUT2D eigenvalue weighted by atomic mass is 19.4. The summed E-state index contributed by atoms with van der Waals surface area (Å²) < 4.78 is 35.3. The first-order valence-corrected chi connectivity index (χ1v) is 3.51. The van der Waals surface area contributed by atoms with E-state index in [4.69, 9.17) is 10.8 Å².